The maximum Gasteiger partial charge on any atom is 0.338 e. The molecule has 1 aromatic heterocycles. The lowest BCUT2D eigenvalue weighted by atomic mass is 9.94. The van der Waals surface area contributed by atoms with Crippen LogP contribution in [-0.2, 0) is 20.9 Å². The second-order valence-electron chi connectivity index (χ2n) is 10.8. The maximum atomic E-state index is 14.6. The van der Waals surface area contributed by atoms with E-state index in [9.17, 15) is 14.4 Å². The SMILES string of the molecule is CCCC1=C(C(=O)OCC)[C@@H](c2ccc3c(c2)OCO3)n2c(s/c(=C3\C(=O)N(Cc4ccccc4)c4ccc(Br)cc43)c2=O)=N1. The molecule has 45 heavy (non-hydrogen) atoms. The molecule has 1 atom stereocenters. The van der Waals surface area contributed by atoms with Crippen LogP contribution in [0.4, 0.5) is 5.69 Å². The lowest BCUT2D eigenvalue weighted by Crippen LogP contribution is -2.41. The highest BCUT2D eigenvalue weighted by molar-refractivity contribution is 9.10. The second kappa shape index (κ2) is 11.8. The Bertz CT molecular complexity index is 2080. The number of allylic oxidation sites excluding steroid dienone is 1. The van der Waals surface area contributed by atoms with Gasteiger partial charge in [0.2, 0.25) is 6.79 Å². The molecule has 0 bridgehead atoms. The summed E-state index contributed by atoms with van der Waals surface area (Å²) in [7, 11) is 0. The average Bonchev–Trinajstić information content (AvgIpc) is 3.71. The molecule has 0 spiro atoms. The van der Waals surface area contributed by atoms with Crippen molar-refractivity contribution in [2.45, 2.75) is 39.3 Å². The third kappa shape index (κ3) is 5.00. The molecule has 3 aliphatic rings. The Kier molecular flexibility index (Phi) is 7.66. The molecule has 7 rings (SSSR count). The lowest BCUT2D eigenvalue weighted by Gasteiger charge is -2.25. The van der Waals surface area contributed by atoms with Crippen molar-refractivity contribution in [2.24, 2.45) is 4.99 Å². The highest BCUT2D eigenvalue weighted by Crippen LogP contribution is 2.40. The Morgan fingerprint density at radius 1 is 1.04 bits per heavy atom. The minimum atomic E-state index is -0.843. The summed E-state index contributed by atoms with van der Waals surface area (Å²) in [4.78, 5) is 49.4. The molecule has 0 fully saturated rings. The molecule has 3 aromatic carbocycles. The number of aromatic nitrogens is 1. The van der Waals surface area contributed by atoms with E-state index in [0.717, 1.165) is 33.5 Å². The van der Waals surface area contributed by atoms with Crippen LogP contribution in [0.2, 0.25) is 0 Å². The second-order valence-corrected chi connectivity index (χ2v) is 12.7. The summed E-state index contributed by atoms with van der Waals surface area (Å²) in [6, 6.07) is 19.9. The van der Waals surface area contributed by atoms with Crippen LogP contribution < -0.4 is 29.3 Å². The van der Waals surface area contributed by atoms with Gasteiger partial charge in [-0.25, -0.2) is 9.79 Å². The highest BCUT2D eigenvalue weighted by Gasteiger charge is 2.38. The average molecular weight is 687 g/mol. The third-order valence-corrected chi connectivity index (χ3v) is 9.52. The van der Waals surface area contributed by atoms with Crippen LogP contribution in [0, 0.1) is 0 Å². The number of esters is 1. The Hall–Kier alpha value is -4.48. The lowest BCUT2D eigenvalue weighted by molar-refractivity contribution is -0.139. The van der Waals surface area contributed by atoms with E-state index in [1.54, 1.807) is 24.0 Å². The van der Waals surface area contributed by atoms with Gasteiger partial charge in [0.15, 0.2) is 16.3 Å². The van der Waals surface area contributed by atoms with Crippen molar-refractivity contribution >= 4 is 50.4 Å². The number of hydrogen-bond acceptors (Lipinski definition) is 8. The number of nitrogens with zero attached hydrogens (tertiary/aromatic N) is 3. The summed E-state index contributed by atoms with van der Waals surface area (Å²) in [5.41, 5.74) is 3.76. The first-order valence-corrected chi connectivity index (χ1v) is 16.3. The molecule has 11 heteroatoms. The Labute approximate surface area is 270 Å². The zero-order chi connectivity index (χ0) is 31.2. The van der Waals surface area contributed by atoms with Crippen LogP contribution in [-0.4, -0.2) is 29.8 Å². The monoisotopic (exact) mass is 685 g/mol. The minimum Gasteiger partial charge on any atom is -0.463 e. The van der Waals surface area contributed by atoms with Gasteiger partial charge in [0, 0.05) is 10.0 Å². The fourth-order valence-corrected chi connectivity index (χ4v) is 7.49. The van der Waals surface area contributed by atoms with Crippen molar-refractivity contribution in [1.82, 2.24) is 4.57 Å². The van der Waals surface area contributed by atoms with E-state index in [4.69, 9.17) is 19.2 Å². The topological polar surface area (TPSA) is 99.4 Å². The quantitative estimate of drug-likeness (QED) is 0.254. The van der Waals surface area contributed by atoms with Crippen LogP contribution in [0.25, 0.3) is 5.57 Å². The van der Waals surface area contributed by atoms with Gasteiger partial charge in [-0.2, -0.15) is 0 Å². The smallest absolute Gasteiger partial charge is 0.338 e. The number of carbonyl (C=O) groups is 2. The van der Waals surface area contributed by atoms with Crippen molar-refractivity contribution in [2.75, 3.05) is 18.3 Å². The third-order valence-electron chi connectivity index (χ3n) is 7.97. The van der Waals surface area contributed by atoms with E-state index in [1.165, 1.54) is 4.57 Å². The zero-order valence-corrected chi connectivity index (χ0v) is 26.9. The fourth-order valence-electron chi connectivity index (χ4n) is 6.02. The Morgan fingerprint density at radius 2 is 1.84 bits per heavy atom. The van der Waals surface area contributed by atoms with Crippen molar-refractivity contribution in [1.29, 1.82) is 0 Å². The first-order chi connectivity index (χ1) is 21.9. The van der Waals surface area contributed by atoms with Gasteiger partial charge in [-0.15, -0.1) is 0 Å². The Morgan fingerprint density at radius 3 is 2.62 bits per heavy atom. The van der Waals surface area contributed by atoms with E-state index in [-0.39, 0.29) is 23.8 Å². The highest BCUT2D eigenvalue weighted by atomic mass is 79.9. The maximum absolute atomic E-state index is 14.6. The number of fused-ring (bicyclic) bond motifs is 3. The number of halogens is 1. The van der Waals surface area contributed by atoms with E-state index < -0.39 is 17.6 Å². The van der Waals surface area contributed by atoms with Crippen molar-refractivity contribution in [3.8, 4) is 11.5 Å². The van der Waals surface area contributed by atoms with E-state index in [0.29, 0.717) is 57.2 Å². The van der Waals surface area contributed by atoms with Crippen molar-refractivity contribution in [3.05, 3.63) is 119 Å². The van der Waals surface area contributed by atoms with Crippen LogP contribution >= 0.6 is 27.3 Å². The molecule has 0 unspecified atom stereocenters. The van der Waals surface area contributed by atoms with Gasteiger partial charge in [-0.3, -0.25) is 14.2 Å². The fraction of sp³-hybridized carbons (Fsp3) is 0.235. The summed E-state index contributed by atoms with van der Waals surface area (Å²) in [5, 5.41) is 0. The summed E-state index contributed by atoms with van der Waals surface area (Å²) in [6.45, 7) is 4.35. The van der Waals surface area contributed by atoms with Crippen LogP contribution in [0.1, 0.15) is 49.4 Å². The van der Waals surface area contributed by atoms with Gasteiger partial charge < -0.3 is 19.1 Å². The van der Waals surface area contributed by atoms with Gasteiger partial charge in [0.1, 0.15) is 4.53 Å². The van der Waals surface area contributed by atoms with E-state index in [1.807, 2.05) is 61.5 Å². The first kappa shape index (κ1) is 29.2. The molecule has 0 saturated carbocycles. The molecular formula is C34H28BrN3O6S. The van der Waals surface area contributed by atoms with Crippen LogP contribution in [0.5, 0.6) is 11.5 Å². The number of hydrogen-bond donors (Lipinski definition) is 0. The standard InChI is InChI=1S/C34H28BrN3O6S/c1-3-8-23-28(33(41)42-4-2)29(20-11-14-25-26(15-20)44-18-43-25)38-32(40)30(45-34(38)36-23)27-22-16-21(35)12-13-24(22)37(31(27)39)17-19-9-6-5-7-10-19/h5-7,9-16,29H,3-4,8,17-18H2,1-2H3/b30-27-/t29-/m1/s1. The molecule has 0 aliphatic carbocycles. The van der Waals surface area contributed by atoms with Crippen LogP contribution in [0.3, 0.4) is 0 Å². The molecular weight excluding hydrogens is 658 g/mol. The molecule has 4 heterocycles. The molecule has 0 saturated heterocycles. The van der Waals surface area contributed by atoms with Crippen molar-refractivity contribution in [3.63, 3.8) is 0 Å². The van der Waals surface area contributed by atoms with Crippen molar-refractivity contribution < 1.29 is 23.8 Å². The van der Waals surface area contributed by atoms with Gasteiger partial charge in [0.05, 0.1) is 41.7 Å². The number of carbonyl (C=O) groups excluding carboxylic acids is 2. The predicted molar refractivity (Wildman–Crippen MR) is 173 cm³/mol. The number of thiazole rings is 1. The van der Waals surface area contributed by atoms with Gasteiger partial charge >= 0.3 is 5.97 Å². The number of ether oxygens (including phenoxy) is 3. The van der Waals surface area contributed by atoms with Crippen LogP contribution in [0.15, 0.2) is 92.3 Å². The first-order valence-electron chi connectivity index (χ1n) is 14.7. The summed E-state index contributed by atoms with van der Waals surface area (Å²) < 4.78 is 19.3. The summed E-state index contributed by atoms with van der Waals surface area (Å²) in [6.07, 6.45) is 1.23. The molecule has 0 N–H and O–H groups in total. The van der Waals surface area contributed by atoms with Gasteiger partial charge in [-0.05, 0) is 54.8 Å². The minimum absolute atomic E-state index is 0.0864. The molecule has 3 aliphatic heterocycles. The predicted octanol–water partition coefficient (Wildman–Crippen LogP) is 4.99. The summed E-state index contributed by atoms with van der Waals surface area (Å²) >= 11 is 4.72. The van der Waals surface area contributed by atoms with E-state index >= 15 is 0 Å². The summed E-state index contributed by atoms with van der Waals surface area (Å²) in [5.74, 6) is 0.304. The molecule has 0 radical (unpaired) electrons. The molecule has 1 amide bonds. The number of amides is 1. The van der Waals surface area contributed by atoms with Gasteiger partial charge in [0.25, 0.3) is 11.5 Å². The normalized spacial score (nSPS) is 17.7. The largest absolute Gasteiger partial charge is 0.463 e. The number of anilines is 1. The number of rotatable bonds is 7. The number of benzene rings is 3. The Balaban J connectivity index is 1.48. The molecule has 9 nitrogen and oxygen atoms in total. The van der Waals surface area contributed by atoms with Gasteiger partial charge in [-0.1, -0.05) is 77.0 Å². The zero-order valence-electron chi connectivity index (χ0n) is 24.5. The van der Waals surface area contributed by atoms with E-state index in [2.05, 4.69) is 15.9 Å². The molecule has 4 aromatic rings. The molecule has 228 valence electrons.